The number of carbonyl (C=O) groups is 1. The Hall–Kier alpha value is -1.89. The van der Waals surface area contributed by atoms with Gasteiger partial charge in [0.25, 0.3) is 5.56 Å². The highest BCUT2D eigenvalue weighted by Gasteiger charge is 2.47. The maximum atomic E-state index is 11.7. The molecule has 1 aromatic heterocycles. The molecule has 1 N–H and O–H groups in total. The van der Waals surface area contributed by atoms with E-state index in [4.69, 9.17) is 9.47 Å². The lowest BCUT2D eigenvalue weighted by Gasteiger charge is -2.18. The number of aryl methyl sites for hydroxylation is 1. The van der Waals surface area contributed by atoms with E-state index in [2.05, 4.69) is 4.98 Å². The van der Waals surface area contributed by atoms with E-state index in [1.54, 1.807) is 6.92 Å². The van der Waals surface area contributed by atoms with Crippen LogP contribution in [0.2, 0.25) is 0 Å². The fraction of sp³-hybridized carbons (Fsp3) is 0.545. The minimum Gasteiger partial charge on any atom is -0.457 e. The Bertz CT molecular complexity index is 617. The molecular weight excluding hydrogens is 240 g/mol. The van der Waals surface area contributed by atoms with Crippen molar-refractivity contribution in [1.29, 1.82) is 0 Å². The summed E-state index contributed by atoms with van der Waals surface area (Å²) in [6, 6.07) is 0. The van der Waals surface area contributed by atoms with E-state index in [0.717, 1.165) is 0 Å². The molecule has 1 aromatic rings. The lowest BCUT2D eigenvalue weighted by atomic mass is 10.0. The lowest BCUT2D eigenvalue weighted by molar-refractivity contribution is -0.147. The van der Waals surface area contributed by atoms with Gasteiger partial charge >= 0.3 is 11.7 Å². The van der Waals surface area contributed by atoms with Crippen LogP contribution < -0.4 is 11.2 Å². The van der Waals surface area contributed by atoms with E-state index in [9.17, 15) is 14.4 Å². The highest BCUT2D eigenvalue weighted by atomic mass is 16.6. The third-order valence-corrected chi connectivity index (χ3v) is 3.34. The highest BCUT2D eigenvalue weighted by molar-refractivity contribution is 5.72. The molecule has 0 bridgehead atoms. The maximum absolute atomic E-state index is 11.7. The largest absolute Gasteiger partial charge is 0.457 e. The van der Waals surface area contributed by atoms with E-state index in [1.807, 2.05) is 0 Å². The predicted molar refractivity (Wildman–Crippen MR) is 59.0 cm³/mol. The molecule has 2 fully saturated rings. The van der Waals surface area contributed by atoms with Gasteiger partial charge in [-0.3, -0.25) is 19.1 Å². The SMILES string of the molecule is Cc1cn([C@H]2OC[C@@H]3CC(=O)O[C@@H]32)c(=O)[nH]c1=O. The Morgan fingerprint density at radius 2 is 2.17 bits per heavy atom. The summed E-state index contributed by atoms with van der Waals surface area (Å²) in [5.41, 5.74) is -0.570. The number of rotatable bonds is 1. The molecule has 0 spiro atoms. The van der Waals surface area contributed by atoms with Crippen LogP contribution in [0.25, 0.3) is 0 Å². The van der Waals surface area contributed by atoms with Crippen molar-refractivity contribution < 1.29 is 14.3 Å². The van der Waals surface area contributed by atoms with Crippen molar-refractivity contribution in [3.05, 3.63) is 32.6 Å². The van der Waals surface area contributed by atoms with Crippen LogP contribution in [0.5, 0.6) is 0 Å². The molecule has 7 nitrogen and oxygen atoms in total. The monoisotopic (exact) mass is 252 g/mol. The average Bonchev–Trinajstić information content (AvgIpc) is 2.82. The minimum absolute atomic E-state index is 0.0124. The second-order valence-corrected chi connectivity index (χ2v) is 4.62. The van der Waals surface area contributed by atoms with Crippen molar-refractivity contribution in [3.8, 4) is 0 Å². The van der Waals surface area contributed by atoms with Crippen LogP contribution in [0.15, 0.2) is 15.8 Å². The van der Waals surface area contributed by atoms with Gasteiger partial charge in [-0.1, -0.05) is 0 Å². The van der Waals surface area contributed by atoms with Crippen molar-refractivity contribution in [2.45, 2.75) is 25.7 Å². The van der Waals surface area contributed by atoms with Gasteiger partial charge in [0.1, 0.15) is 0 Å². The summed E-state index contributed by atoms with van der Waals surface area (Å²) in [4.78, 5) is 36.5. The first-order chi connectivity index (χ1) is 8.56. The van der Waals surface area contributed by atoms with Gasteiger partial charge in [0.2, 0.25) is 0 Å². The van der Waals surface area contributed by atoms with Crippen molar-refractivity contribution in [1.82, 2.24) is 9.55 Å². The number of hydrogen-bond acceptors (Lipinski definition) is 5. The average molecular weight is 252 g/mol. The molecule has 0 aromatic carbocycles. The maximum Gasteiger partial charge on any atom is 0.330 e. The molecule has 18 heavy (non-hydrogen) atoms. The number of aromatic nitrogens is 2. The molecule has 2 aliphatic heterocycles. The molecule has 2 aliphatic rings. The normalized spacial score (nSPS) is 30.3. The van der Waals surface area contributed by atoms with Gasteiger partial charge in [0.15, 0.2) is 12.3 Å². The van der Waals surface area contributed by atoms with Crippen molar-refractivity contribution in [3.63, 3.8) is 0 Å². The van der Waals surface area contributed by atoms with Gasteiger partial charge in [-0.25, -0.2) is 4.79 Å². The molecule has 0 saturated carbocycles. The van der Waals surface area contributed by atoms with Crippen LogP contribution in [0.3, 0.4) is 0 Å². The minimum atomic E-state index is -0.649. The molecule has 0 radical (unpaired) electrons. The first-order valence-corrected chi connectivity index (χ1v) is 5.69. The van der Waals surface area contributed by atoms with E-state index in [-0.39, 0.29) is 11.9 Å². The molecule has 0 aliphatic carbocycles. The number of hydrogen-bond donors (Lipinski definition) is 1. The zero-order chi connectivity index (χ0) is 12.9. The zero-order valence-corrected chi connectivity index (χ0v) is 9.71. The molecule has 3 rings (SSSR count). The van der Waals surface area contributed by atoms with Gasteiger partial charge in [0.05, 0.1) is 13.0 Å². The fourth-order valence-corrected chi connectivity index (χ4v) is 2.40. The van der Waals surface area contributed by atoms with Gasteiger partial charge < -0.3 is 9.47 Å². The second kappa shape index (κ2) is 3.81. The van der Waals surface area contributed by atoms with Crippen molar-refractivity contribution in [2.24, 2.45) is 5.92 Å². The molecule has 7 heteroatoms. The summed E-state index contributed by atoms with van der Waals surface area (Å²) >= 11 is 0. The molecule has 2 saturated heterocycles. The lowest BCUT2D eigenvalue weighted by Crippen LogP contribution is -2.37. The number of aromatic amines is 1. The van der Waals surface area contributed by atoms with Gasteiger partial charge in [0, 0.05) is 17.7 Å². The number of esters is 1. The number of H-pyrrole nitrogens is 1. The van der Waals surface area contributed by atoms with E-state index in [1.165, 1.54) is 10.8 Å². The smallest absolute Gasteiger partial charge is 0.330 e. The third-order valence-electron chi connectivity index (χ3n) is 3.34. The summed E-state index contributed by atoms with van der Waals surface area (Å²) in [6.07, 6.45) is 0.656. The Balaban J connectivity index is 2.01. The number of fused-ring (bicyclic) bond motifs is 1. The van der Waals surface area contributed by atoms with Crippen LogP contribution in [0, 0.1) is 12.8 Å². The van der Waals surface area contributed by atoms with E-state index >= 15 is 0 Å². The van der Waals surface area contributed by atoms with Crippen LogP contribution in [0.1, 0.15) is 18.2 Å². The Morgan fingerprint density at radius 1 is 1.39 bits per heavy atom. The van der Waals surface area contributed by atoms with Crippen LogP contribution in [-0.4, -0.2) is 28.2 Å². The second-order valence-electron chi connectivity index (χ2n) is 4.62. The number of nitrogens with zero attached hydrogens (tertiary/aromatic N) is 1. The fourth-order valence-electron chi connectivity index (χ4n) is 2.40. The van der Waals surface area contributed by atoms with Crippen molar-refractivity contribution in [2.75, 3.05) is 6.61 Å². The first kappa shape index (κ1) is 11.2. The summed E-state index contributed by atoms with van der Waals surface area (Å²) in [5, 5.41) is 0. The Labute approximate surface area is 101 Å². The van der Waals surface area contributed by atoms with Gasteiger partial charge in [-0.15, -0.1) is 0 Å². The molecule has 0 unspecified atom stereocenters. The molecule has 96 valence electrons. The number of carbonyl (C=O) groups excluding carboxylic acids is 1. The van der Waals surface area contributed by atoms with Gasteiger partial charge in [-0.2, -0.15) is 0 Å². The standard InChI is InChI=1S/C11H12N2O5/c1-5-3-13(11(16)12-9(5)15)10-8-6(4-17-10)2-7(14)18-8/h3,6,8,10H,2,4H2,1H3,(H,12,15,16)/t6-,8-,10-/m0/s1. The summed E-state index contributed by atoms with van der Waals surface area (Å²) in [5.74, 6) is -0.283. The van der Waals surface area contributed by atoms with Gasteiger partial charge in [-0.05, 0) is 6.92 Å². The molecule has 3 atom stereocenters. The van der Waals surface area contributed by atoms with Crippen LogP contribution in [0.4, 0.5) is 0 Å². The summed E-state index contributed by atoms with van der Waals surface area (Å²) in [7, 11) is 0. The van der Waals surface area contributed by atoms with Crippen LogP contribution >= 0.6 is 0 Å². The topological polar surface area (TPSA) is 90.4 Å². The van der Waals surface area contributed by atoms with E-state index < -0.39 is 23.6 Å². The predicted octanol–water partition coefficient (Wildman–Crippen LogP) is -0.694. The Morgan fingerprint density at radius 3 is 2.94 bits per heavy atom. The first-order valence-electron chi connectivity index (χ1n) is 5.69. The van der Waals surface area contributed by atoms with Crippen LogP contribution in [-0.2, 0) is 14.3 Å². The van der Waals surface area contributed by atoms with Crippen molar-refractivity contribution >= 4 is 5.97 Å². The summed E-state index contributed by atoms with van der Waals surface area (Å²) in [6.45, 7) is 1.98. The highest BCUT2D eigenvalue weighted by Crippen LogP contribution is 2.37. The number of ether oxygens (including phenoxy) is 2. The molecule has 3 heterocycles. The number of nitrogens with one attached hydrogen (secondary N) is 1. The van der Waals surface area contributed by atoms with E-state index in [0.29, 0.717) is 18.6 Å². The third kappa shape index (κ3) is 1.59. The molecular formula is C11H12N2O5. The Kier molecular flexibility index (Phi) is 2.37. The summed E-state index contributed by atoms with van der Waals surface area (Å²) < 4.78 is 11.9. The molecule has 0 amide bonds. The quantitative estimate of drug-likeness (QED) is 0.668. The zero-order valence-electron chi connectivity index (χ0n) is 9.71.